The number of aromatic hydroxyl groups is 1. The molecule has 7 nitrogen and oxygen atoms in total. The lowest BCUT2D eigenvalue weighted by Gasteiger charge is -2.32. The number of allylic oxidation sites excluding steroid dienone is 3. The summed E-state index contributed by atoms with van der Waals surface area (Å²) in [5.74, 6) is -0.656. The number of hydrogen-bond acceptors (Lipinski definition) is 6. The number of rotatable bonds is 11. The highest BCUT2D eigenvalue weighted by atomic mass is 31.2. The van der Waals surface area contributed by atoms with Gasteiger partial charge in [0.15, 0.2) is 6.10 Å². The number of esters is 1. The Hall–Kier alpha value is -1.92. The van der Waals surface area contributed by atoms with Crippen LogP contribution in [0.15, 0.2) is 35.9 Å². The minimum atomic E-state index is -4.45. The molecule has 8 heteroatoms. The van der Waals surface area contributed by atoms with Crippen LogP contribution >= 0.6 is 7.82 Å². The molecule has 0 saturated heterocycles. The number of phenolic OH excluding ortho intramolecular Hbond substituents is 1. The van der Waals surface area contributed by atoms with Gasteiger partial charge in [0.05, 0.1) is 6.10 Å². The Bertz CT molecular complexity index is 966. The summed E-state index contributed by atoms with van der Waals surface area (Å²) in [6, 6.07) is 3.48. The van der Waals surface area contributed by atoms with Gasteiger partial charge < -0.3 is 14.7 Å². The fourth-order valence-electron chi connectivity index (χ4n) is 4.34. The predicted molar refractivity (Wildman–Crippen MR) is 133 cm³/mol. The van der Waals surface area contributed by atoms with E-state index in [2.05, 4.69) is 12.7 Å². The molecular weight excluding hydrogens is 455 g/mol. The fourth-order valence-corrected chi connectivity index (χ4v) is 5.48. The number of ether oxygens (including phenoxy) is 1. The van der Waals surface area contributed by atoms with E-state index in [0.29, 0.717) is 12.0 Å². The van der Waals surface area contributed by atoms with E-state index < -0.39 is 26.0 Å². The molecule has 2 N–H and O–H groups in total. The van der Waals surface area contributed by atoms with Gasteiger partial charge in [0.25, 0.3) is 0 Å². The van der Waals surface area contributed by atoms with Crippen molar-refractivity contribution in [2.24, 2.45) is 5.92 Å². The second kappa shape index (κ2) is 12.2. The summed E-state index contributed by atoms with van der Waals surface area (Å²) < 4.78 is 28.1. The third kappa shape index (κ3) is 7.54. The molecule has 0 fully saturated rings. The smallest absolute Gasteiger partial charge is 0.473 e. The van der Waals surface area contributed by atoms with Gasteiger partial charge >= 0.3 is 13.8 Å². The molecule has 34 heavy (non-hydrogen) atoms. The van der Waals surface area contributed by atoms with Crippen LogP contribution in [-0.4, -0.2) is 28.2 Å². The first-order valence-corrected chi connectivity index (χ1v) is 13.5. The van der Waals surface area contributed by atoms with E-state index in [1.165, 1.54) is 5.57 Å². The van der Waals surface area contributed by atoms with Gasteiger partial charge in [-0.15, -0.1) is 0 Å². The van der Waals surface area contributed by atoms with Gasteiger partial charge in [-0.05, 0) is 77.0 Å². The van der Waals surface area contributed by atoms with Crippen molar-refractivity contribution in [3.63, 3.8) is 0 Å². The summed E-state index contributed by atoms with van der Waals surface area (Å²) in [4.78, 5) is 23.0. The van der Waals surface area contributed by atoms with Crippen LogP contribution in [0.5, 0.6) is 11.5 Å². The average molecular weight is 495 g/mol. The summed E-state index contributed by atoms with van der Waals surface area (Å²) in [7, 11) is -4.45. The van der Waals surface area contributed by atoms with Crippen LogP contribution in [0.25, 0.3) is 0 Å². The monoisotopic (exact) mass is 494 g/mol. The normalized spacial score (nSPS) is 21.0. The van der Waals surface area contributed by atoms with Crippen molar-refractivity contribution in [2.75, 3.05) is 0 Å². The number of phosphoric acid groups is 1. The van der Waals surface area contributed by atoms with Gasteiger partial charge in [-0.3, -0.25) is 9.05 Å². The quantitative estimate of drug-likeness (QED) is 0.155. The minimum absolute atomic E-state index is 0.0564. The predicted octanol–water partition coefficient (Wildman–Crippen LogP) is 6.59. The van der Waals surface area contributed by atoms with Gasteiger partial charge in [-0.1, -0.05) is 44.1 Å². The number of phenols is 1. The maximum Gasteiger partial charge on any atom is 0.473 e. The summed E-state index contributed by atoms with van der Waals surface area (Å²) in [5, 5.41) is 11.0. The minimum Gasteiger partial charge on any atom is -0.507 e. The summed E-state index contributed by atoms with van der Waals surface area (Å²) in [6.45, 7) is 15.0. The zero-order valence-corrected chi connectivity index (χ0v) is 22.1. The first-order valence-electron chi connectivity index (χ1n) is 12.0. The number of phosphoric ester groups is 1. The summed E-state index contributed by atoms with van der Waals surface area (Å²) >= 11 is 0. The fraction of sp³-hybridized carbons (Fsp3) is 0.577. The lowest BCUT2D eigenvalue weighted by Crippen LogP contribution is -2.29. The molecule has 2 unspecified atom stereocenters. The SMILES string of the molecule is C=C(C)[C@@H]1CCC(C)=C[C@H]1c1c(O)cc(CCC)cc1OC(=O)C(CC)OP(=O)(O)OC(C)C. The summed E-state index contributed by atoms with van der Waals surface area (Å²) in [5.41, 5.74) is 3.53. The second-order valence-electron chi connectivity index (χ2n) is 9.35. The molecule has 1 aromatic rings. The van der Waals surface area contributed by atoms with E-state index >= 15 is 0 Å². The first-order chi connectivity index (χ1) is 15.9. The van der Waals surface area contributed by atoms with Crippen molar-refractivity contribution in [1.82, 2.24) is 0 Å². The lowest BCUT2D eigenvalue weighted by molar-refractivity contribution is -0.143. The molecule has 0 radical (unpaired) electrons. The van der Waals surface area contributed by atoms with E-state index in [-0.39, 0.29) is 29.8 Å². The molecule has 0 bridgehead atoms. The summed E-state index contributed by atoms with van der Waals surface area (Å²) in [6.07, 6.45) is 3.71. The van der Waals surface area contributed by atoms with Gasteiger partial charge in [0.2, 0.25) is 0 Å². The van der Waals surface area contributed by atoms with Crippen molar-refractivity contribution in [3.05, 3.63) is 47.1 Å². The molecule has 0 amide bonds. The maximum atomic E-state index is 13.1. The van der Waals surface area contributed by atoms with Crippen LogP contribution in [0.1, 0.15) is 84.3 Å². The molecule has 0 aliphatic heterocycles. The van der Waals surface area contributed by atoms with Crippen LogP contribution in [0.3, 0.4) is 0 Å². The molecule has 0 saturated carbocycles. The highest BCUT2D eigenvalue weighted by Crippen LogP contribution is 2.48. The molecule has 0 spiro atoms. The zero-order valence-electron chi connectivity index (χ0n) is 21.2. The van der Waals surface area contributed by atoms with Crippen LogP contribution in [0.4, 0.5) is 0 Å². The van der Waals surface area contributed by atoms with Gasteiger partial charge in [0.1, 0.15) is 11.5 Å². The standard InChI is InChI=1S/C26H39O7P/c1-8-10-19-14-22(27)25(21-13-18(7)11-12-20(21)16(3)4)24(15-19)31-26(28)23(9-2)33-34(29,30)32-17(5)6/h13-15,17,20-21,23,27H,3,8-12H2,1-2,4-7H3,(H,29,30)/t20-,21+,23?/m0/s1. The highest BCUT2D eigenvalue weighted by Gasteiger charge is 2.35. The van der Waals surface area contributed by atoms with Gasteiger partial charge in [0, 0.05) is 11.5 Å². The molecule has 2 rings (SSSR count). The number of aryl methyl sites for hydroxylation is 1. The molecule has 4 atom stereocenters. The van der Waals surface area contributed by atoms with E-state index in [1.54, 1.807) is 32.9 Å². The van der Waals surface area contributed by atoms with E-state index in [9.17, 15) is 19.4 Å². The molecule has 0 aromatic heterocycles. The largest absolute Gasteiger partial charge is 0.507 e. The Kier molecular flexibility index (Phi) is 10.1. The van der Waals surface area contributed by atoms with Crippen molar-refractivity contribution >= 4 is 13.8 Å². The van der Waals surface area contributed by atoms with Crippen LogP contribution in [0, 0.1) is 5.92 Å². The number of carbonyl (C=O) groups is 1. The Labute approximate surface area is 203 Å². The second-order valence-corrected chi connectivity index (χ2v) is 10.7. The molecular formula is C26H39O7P. The topological polar surface area (TPSA) is 102 Å². The third-order valence-electron chi connectivity index (χ3n) is 5.88. The van der Waals surface area contributed by atoms with Gasteiger partial charge in [-0.25, -0.2) is 9.36 Å². The highest BCUT2D eigenvalue weighted by molar-refractivity contribution is 7.47. The maximum absolute atomic E-state index is 13.1. The van der Waals surface area contributed by atoms with Crippen molar-refractivity contribution in [3.8, 4) is 11.5 Å². The van der Waals surface area contributed by atoms with Gasteiger partial charge in [-0.2, -0.15) is 0 Å². The van der Waals surface area contributed by atoms with Crippen molar-refractivity contribution in [2.45, 2.75) is 91.8 Å². The van der Waals surface area contributed by atoms with Crippen molar-refractivity contribution in [1.29, 1.82) is 0 Å². The molecule has 0 heterocycles. The Morgan fingerprint density at radius 3 is 2.50 bits per heavy atom. The molecule has 190 valence electrons. The first kappa shape index (κ1) is 28.3. The molecule has 1 aliphatic carbocycles. The molecule has 1 aromatic carbocycles. The Balaban J connectivity index is 2.48. The number of benzene rings is 1. The van der Waals surface area contributed by atoms with Crippen LogP contribution < -0.4 is 4.74 Å². The Morgan fingerprint density at radius 2 is 1.94 bits per heavy atom. The zero-order chi connectivity index (χ0) is 25.6. The van der Waals surface area contributed by atoms with E-state index in [1.807, 2.05) is 20.8 Å². The molecule has 1 aliphatic rings. The van der Waals surface area contributed by atoms with Crippen molar-refractivity contribution < 1.29 is 33.1 Å². The Morgan fingerprint density at radius 1 is 1.26 bits per heavy atom. The number of hydrogen-bond donors (Lipinski definition) is 2. The van der Waals surface area contributed by atoms with Crippen LogP contribution in [0.2, 0.25) is 0 Å². The third-order valence-corrected chi connectivity index (χ3v) is 7.09. The average Bonchev–Trinajstić information content (AvgIpc) is 2.70. The van der Waals surface area contributed by atoms with E-state index in [0.717, 1.165) is 30.4 Å². The van der Waals surface area contributed by atoms with E-state index in [4.69, 9.17) is 13.8 Å². The number of carbonyl (C=O) groups excluding carboxylic acids is 1. The van der Waals surface area contributed by atoms with Crippen LogP contribution in [-0.2, 0) is 24.8 Å². The lowest BCUT2D eigenvalue weighted by atomic mass is 9.73.